The third-order valence-corrected chi connectivity index (χ3v) is 5.58. The molecular formula is C20H22F4N2O2. The fourth-order valence-electron chi connectivity index (χ4n) is 3.91. The quantitative estimate of drug-likeness (QED) is 0.575. The van der Waals surface area contributed by atoms with Crippen molar-refractivity contribution in [3.8, 4) is 0 Å². The molecule has 2 aliphatic carbocycles. The van der Waals surface area contributed by atoms with Crippen LogP contribution >= 0.6 is 0 Å². The van der Waals surface area contributed by atoms with E-state index in [4.69, 9.17) is 5.73 Å². The van der Waals surface area contributed by atoms with E-state index in [1.807, 2.05) is 0 Å². The Morgan fingerprint density at radius 2 is 2.04 bits per heavy atom. The number of benzene rings is 1. The lowest BCUT2D eigenvalue weighted by atomic mass is 9.66. The number of nitrogens with two attached hydrogens (primary N) is 1. The summed E-state index contributed by atoms with van der Waals surface area (Å²) < 4.78 is 52.3. The summed E-state index contributed by atoms with van der Waals surface area (Å²) in [7, 11) is 0. The molecule has 152 valence electrons. The fourth-order valence-corrected chi connectivity index (χ4v) is 3.91. The summed E-state index contributed by atoms with van der Waals surface area (Å²) in [5.74, 6) is -1.79. The van der Waals surface area contributed by atoms with Gasteiger partial charge in [-0.1, -0.05) is 12.1 Å². The maximum absolute atomic E-state index is 14.1. The van der Waals surface area contributed by atoms with E-state index in [1.54, 1.807) is 6.07 Å². The van der Waals surface area contributed by atoms with Gasteiger partial charge in [0.05, 0.1) is 5.41 Å². The van der Waals surface area contributed by atoms with Crippen molar-refractivity contribution in [1.82, 2.24) is 0 Å². The lowest BCUT2D eigenvalue weighted by Gasteiger charge is -2.37. The van der Waals surface area contributed by atoms with Gasteiger partial charge < -0.3 is 10.8 Å². The number of nitrogens with zero attached hydrogens (tertiary/aromatic N) is 1. The zero-order valence-corrected chi connectivity index (χ0v) is 15.4. The third-order valence-electron chi connectivity index (χ3n) is 5.58. The Hall–Kier alpha value is -2.38. The smallest absolute Gasteiger partial charge is 0.407 e. The van der Waals surface area contributed by atoms with Crippen molar-refractivity contribution in [2.45, 2.75) is 50.6 Å². The molecule has 1 saturated carbocycles. The molecule has 28 heavy (non-hydrogen) atoms. The number of halogens is 4. The molecule has 8 heteroatoms. The summed E-state index contributed by atoms with van der Waals surface area (Å²) in [6.45, 7) is 0.185. The van der Waals surface area contributed by atoms with E-state index >= 15 is 0 Å². The van der Waals surface area contributed by atoms with Gasteiger partial charge in [-0.05, 0) is 61.8 Å². The lowest BCUT2D eigenvalue weighted by molar-refractivity contribution is -0.144. The zero-order valence-electron chi connectivity index (χ0n) is 15.4. The van der Waals surface area contributed by atoms with Gasteiger partial charge in [0.2, 0.25) is 0 Å². The molecule has 0 bridgehead atoms. The second kappa shape index (κ2) is 7.22. The normalized spacial score (nSPS) is 23.8. The summed E-state index contributed by atoms with van der Waals surface area (Å²) in [4.78, 5) is 16.1. The van der Waals surface area contributed by atoms with Crippen LogP contribution in [0.2, 0.25) is 0 Å². The molecule has 1 atom stereocenters. The Balaban J connectivity index is 2.06. The van der Waals surface area contributed by atoms with Crippen LogP contribution in [0.4, 0.5) is 17.6 Å². The first-order valence-corrected chi connectivity index (χ1v) is 9.13. The molecule has 0 aliphatic heterocycles. The van der Waals surface area contributed by atoms with Crippen LogP contribution in [0, 0.1) is 18.7 Å². The number of allylic oxidation sites excluding steroid dienone is 2. The molecule has 3 N–H and O–H groups in total. The van der Waals surface area contributed by atoms with E-state index < -0.39 is 29.9 Å². The van der Waals surface area contributed by atoms with Crippen LogP contribution in [0.1, 0.15) is 43.2 Å². The van der Waals surface area contributed by atoms with Crippen molar-refractivity contribution < 1.29 is 27.5 Å². The van der Waals surface area contributed by atoms with Crippen LogP contribution in [-0.2, 0) is 10.2 Å². The number of hydrogen-bond donors (Lipinski definition) is 2. The Morgan fingerprint density at radius 3 is 2.61 bits per heavy atom. The minimum atomic E-state index is -4.45. The Labute approximate surface area is 160 Å². The molecule has 0 heterocycles. The van der Waals surface area contributed by atoms with E-state index in [9.17, 15) is 27.5 Å². The first-order valence-electron chi connectivity index (χ1n) is 9.13. The van der Waals surface area contributed by atoms with Gasteiger partial charge in [-0.25, -0.2) is 4.39 Å². The van der Waals surface area contributed by atoms with E-state index in [2.05, 4.69) is 4.99 Å². The second-order valence-corrected chi connectivity index (χ2v) is 7.57. The maximum Gasteiger partial charge on any atom is 0.407 e. The van der Waals surface area contributed by atoms with Gasteiger partial charge in [0.1, 0.15) is 12.4 Å². The third kappa shape index (κ3) is 3.91. The average molecular weight is 398 g/mol. The van der Waals surface area contributed by atoms with Gasteiger partial charge in [0.15, 0.2) is 0 Å². The van der Waals surface area contributed by atoms with Gasteiger partial charge in [-0.3, -0.25) is 9.79 Å². The van der Waals surface area contributed by atoms with Crippen molar-refractivity contribution in [2.75, 3.05) is 6.54 Å². The molecule has 3 rings (SSSR count). The standard InChI is InChI=1S/C20H22F4N2O2/c1-11-14(3-2-4-15(11)21)19(18(27)28)8-7-16(25)13(9-19)17(12-5-6-12)26-10-20(22,23)24/h2-4,12H,5-10,25H2,1H3,(H,27,28). The van der Waals surface area contributed by atoms with Crippen molar-refractivity contribution in [3.63, 3.8) is 0 Å². The van der Waals surface area contributed by atoms with E-state index in [0.717, 1.165) is 0 Å². The van der Waals surface area contributed by atoms with Crippen molar-refractivity contribution >= 4 is 11.7 Å². The maximum atomic E-state index is 14.1. The second-order valence-electron chi connectivity index (χ2n) is 7.57. The highest BCUT2D eigenvalue weighted by molar-refractivity contribution is 6.05. The first kappa shape index (κ1) is 20.4. The lowest BCUT2D eigenvalue weighted by Crippen LogP contribution is -2.41. The van der Waals surface area contributed by atoms with Crippen LogP contribution in [0.15, 0.2) is 34.5 Å². The van der Waals surface area contributed by atoms with E-state index in [-0.39, 0.29) is 36.5 Å². The van der Waals surface area contributed by atoms with Gasteiger partial charge in [-0.2, -0.15) is 13.2 Å². The number of carboxylic acid groups (broad SMARTS) is 1. The van der Waals surface area contributed by atoms with Crippen molar-refractivity contribution in [3.05, 3.63) is 46.4 Å². The van der Waals surface area contributed by atoms with Gasteiger partial charge in [-0.15, -0.1) is 0 Å². The molecule has 1 aromatic carbocycles. The monoisotopic (exact) mass is 398 g/mol. The SMILES string of the molecule is Cc1c(F)cccc1C1(C(=O)O)CCC(N)=C(C(=NCC(F)(F)F)C2CC2)C1. The summed E-state index contributed by atoms with van der Waals surface area (Å²) in [5, 5.41) is 10.1. The minimum absolute atomic E-state index is 0.0916. The van der Waals surface area contributed by atoms with Crippen LogP contribution in [0.3, 0.4) is 0 Å². The number of rotatable bonds is 5. The molecule has 1 fully saturated rings. The van der Waals surface area contributed by atoms with E-state index in [1.165, 1.54) is 19.1 Å². The number of aliphatic imine (C=N–C) groups is 1. The summed E-state index contributed by atoms with van der Waals surface area (Å²) in [5.41, 5.74) is 6.22. The summed E-state index contributed by atoms with van der Waals surface area (Å²) >= 11 is 0. The molecule has 1 aromatic rings. The molecule has 0 saturated heterocycles. The topological polar surface area (TPSA) is 75.7 Å². The van der Waals surface area contributed by atoms with Gasteiger partial charge in [0, 0.05) is 17.3 Å². The molecule has 0 aromatic heterocycles. The number of carboxylic acids is 1. The predicted molar refractivity (Wildman–Crippen MR) is 96.6 cm³/mol. The van der Waals surface area contributed by atoms with Gasteiger partial charge >= 0.3 is 12.1 Å². The van der Waals surface area contributed by atoms with Crippen LogP contribution in [-0.4, -0.2) is 29.5 Å². The molecule has 2 aliphatic rings. The number of alkyl halides is 3. The first-order chi connectivity index (χ1) is 13.0. The summed E-state index contributed by atoms with van der Waals surface area (Å²) in [6, 6.07) is 4.27. The number of aliphatic carboxylic acids is 1. The Morgan fingerprint density at radius 1 is 1.36 bits per heavy atom. The zero-order chi connectivity index (χ0) is 20.7. The summed E-state index contributed by atoms with van der Waals surface area (Å²) in [6.07, 6.45) is -2.79. The molecular weight excluding hydrogens is 376 g/mol. The molecule has 0 amide bonds. The fraction of sp³-hybridized carbons (Fsp3) is 0.500. The highest BCUT2D eigenvalue weighted by Gasteiger charge is 2.47. The van der Waals surface area contributed by atoms with Crippen molar-refractivity contribution in [2.24, 2.45) is 16.6 Å². The number of carbonyl (C=O) groups is 1. The van der Waals surface area contributed by atoms with Gasteiger partial charge in [0.25, 0.3) is 0 Å². The van der Waals surface area contributed by atoms with E-state index in [0.29, 0.717) is 29.7 Å². The highest BCUT2D eigenvalue weighted by Crippen LogP contribution is 2.46. The molecule has 0 radical (unpaired) electrons. The van der Waals surface area contributed by atoms with Crippen LogP contribution in [0.5, 0.6) is 0 Å². The predicted octanol–water partition coefficient (Wildman–Crippen LogP) is 4.27. The van der Waals surface area contributed by atoms with Crippen molar-refractivity contribution in [1.29, 1.82) is 0 Å². The Bertz CT molecular complexity index is 856. The molecule has 1 unspecified atom stereocenters. The van der Waals surface area contributed by atoms with Crippen LogP contribution < -0.4 is 5.73 Å². The number of hydrogen-bond acceptors (Lipinski definition) is 3. The van der Waals surface area contributed by atoms with Crippen LogP contribution in [0.25, 0.3) is 0 Å². The Kier molecular flexibility index (Phi) is 5.25. The molecule has 4 nitrogen and oxygen atoms in total. The largest absolute Gasteiger partial charge is 0.481 e. The molecule has 0 spiro atoms. The minimum Gasteiger partial charge on any atom is -0.481 e. The average Bonchev–Trinajstić information content (AvgIpc) is 3.43. The highest BCUT2D eigenvalue weighted by atomic mass is 19.4.